The van der Waals surface area contributed by atoms with Gasteiger partial charge in [-0.05, 0) is 12.8 Å². The second-order valence-electron chi connectivity index (χ2n) is 3.81. The number of nitrogens with two attached hydrogens (primary N) is 1. The highest BCUT2D eigenvalue weighted by Gasteiger charge is 2.06. The van der Waals surface area contributed by atoms with Crippen molar-refractivity contribution in [2.45, 2.75) is 45.1 Å². The van der Waals surface area contributed by atoms with Gasteiger partial charge in [-0.25, -0.2) is 0 Å². The topological polar surface area (TPSA) is 46.3 Å². The van der Waals surface area contributed by atoms with E-state index in [0.717, 1.165) is 0 Å². The minimum atomic E-state index is 0.0926. The first-order valence-electron chi connectivity index (χ1n) is 4.97. The summed E-state index contributed by atoms with van der Waals surface area (Å²) in [5, 5.41) is 0. The molecule has 13 heavy (non-hydrogen) atoms. The lowest BCUT2D eigenvalue weighted by Gasteiger charge is -2.15. The van der Waals surface area contributed by atoms with E-state index in [4.69, 9.17) is 5.73 Å². The third kappa shape index (κ3) is 7.78. The fourth-order valence-corrected chi connectivity index (χ4v) is 1.13. The normalized spacial score (nSPS) is 17.2. The molecule has 0 heterocycles. The monoisotopic (exact) mass is 186 g/mol. The molecule has 0 aromatic heterocycles. The number of carbonyl (C=O) groups excluding carboxylic acids is 1. The van der Waals surface area contributed by atoms with Crippen molar-refractivity contribution in [1.29, 1.82) is 0 Å². The smallest absolute Gasteiger partial charge is 0.218 e. The van der Waals surface area contributed by atoms with Gasteiger partial charge in [0.1, 0.15) is 0 Å². The first-order valence-corrected chi connectivity index (χ1v) is 4.97. The van der Waals surface area contributed by atoms with Crippen LogP contribution in [0.2, 0.25) is 0 Å². The molecule has 1 fully saturated rings. The average molecular weight is 186 g/mol. The van der Waals surface area contributed by atoms with Crippen molar-refractivity contribution in [2.75, 3.05) is 14.1 Å². The molecule has 3 nitrogen and oxygen atoms in total. The van der Waals surface area contributed by atoms with Crippen LogP contribution in [0.5, 0.6) is 0 Å². The summed E-state index contributed by atoms with van der Waals surface area (Å²) in [7, 11) is 3.45. The van der Waals surface area contributed by atoms with Crippen LogP contribution >= 0.6 is 0 Å². The van der Waals surface area contributed by atoms with E-state index in [1.807, 2.05) is 0 Å². The molecule has 1 aliphatic carbocycles. The van der Waals surface area contributed by atoms with E-state index >= 15 is 0 Å². The zero-order valence-electron chi connectivity index (χ0n) is 9.05. The van der Waals surface area contributed by atoms with E-state index in [-0.39, 0.29) is 5.91 Å². The summed E-state index contributed by atoms with van der Waals surface area (Å²) in [6.45, 7) is 1.53. The Hall–Kier alpha value is -0.570. The molecular weight excluding hydrogens is 164 g/mol. The first kappa shape index (κ1) is 12.4. The number of hydrogen-bond acceptors (Lipinski definition) is 2. The van der Waals surface area contributed by atoms with Crippen molar-refractivity contribution in [3.63, 3.8) is 0 Å². The predicted octanol–water partition coefficient (Wildman–Crippen LogP) is 1.37. The Morgan fingerprint density at radius 3 is 1.77 bits per heavy atom. The van der Waals surface area contributed by atoms with Gasteiger partial charge in [0, 0.05) is 27.1 Å². The number of rotatable bonds is 0. The van der Waals surface area contributed by atoms with Crippen LogP contribution in [0.15, 0.2) is 0 Å². The van der Waals surface area contributed by atoms with Crippen LogP contribution in [0.3, 0.4) is 0 Å². The maximum atomic E-state index is 10.1. The molecule has 0 radical (unpaired) electrons. The SMILES string of the molecule is CC(=O)N(C)C.NC1CCCCC1. The fourth-order valence-electron chi connectivity index (χ4n) is 1.13. The summed E-state index contributed by atoms with van der Waals surface area (Å²) in [4.78, 5) is 11.6. The van der Waals surface area contributed by atoms with Gasteiger partial charge >= 0.3 is 0 Å². The lowest BCUT2D eigenvalue weighted by Crippen LogP contribution is -2.22. The standard InChI is InChI=1S/C6H13N.C4H9NO/c7-6-4-2-1-3-5-6;1-4(6)5(2)3/h6H,1-5,7H2;1-3H3. The maximum absolute atomic E-state index is 10.1. The quantitative estimate of drug-likeness (QED) is 0.621. The molecule has 78 valence electrons. The van der Waals surface area contributed by atoms with E-state index < -0.39 is 0 Å². The Morgan fingerprint density at radius 2 is 1.62 bits per heavy atom. The van der Waals surface area contributed by atoms with Gasteiger partial charge in [0.25, 0.3) is 0 Å². The lowest BCUT2D eigenvalue weighted by molar-refractivity contribution is -0.126. The van der Waals surface area contributed by atoms with Gasteiger partial charge in [0.2, 0.25) is 5.91 Å². The van der Waals surface area contributed by atoms with Crippen molar-refractivity contribution in [2.24, 2.45) is 5.73 Å². The molecule has 0 bridgehead atoms. The second kappa shape index (κ2) is 6.89. The fraction of sp³-hybridized carbons (Fsp3) is 0.900. The summed E-state index contributed by atoms with van der Waals surface area (Å²) < 4.78 is 0. The van der Waals surface area contributed by atoms with E-state index in [2.05, 4.69) is 0 Å². The average Bonchev–Trinajstić information content (AvgIpc) is 2.06. The second-order valence-corrected chi connectivity index (χ2v) is 3.81. The first-order chi connectivity index (χ1) is 6.04. The molecule has 0 aliphatic heterocycles. The van der Waals surface area contributed by atoms with Crippen molar-refractivity contribution in [3.05, 3.63) is 0 Å². The van der Waals surface area contributed by atoms with E-state index in [1.54, 1.807) is 14.1 Å². The van der Waals surface area contributed by atoms with Crippen LogP contribution < -0.4 is 5.73 Å². The molecule has 1 amide bonds. The Kier molecular flexibility index (Phi) is 6.59. The van der Waals surface area contributed by atoms with Crippen molar-refractivity contribution < 1.29 is 4.79 Å². The molecule has 3 heteroatoms. The van der Waals surface area contributed by atoms with Gasteiger partial charge < -0.3 is 10.6 Å². The highest BCUT2D eigenvalue weighted by molar-refractivity contribution is 5.72. The van der Waals surface area contributed by atoms with Crippen molar-refractivity contribution in [1.82, 2.24) is 4.90 Å². The van der Waals surface area contributed by atoms with Crippen LogP contribution in [0, 0.1) is 0 Å². The molecule has 0 aromatic carbocycles. The Balaban J connectivity index is 0.000000226. The molecule has 0 unspecified atom stereocenters. The maximum Gasteiger partial charge on any atom is 0.218 e. The number of hydrogen-bond donors (Lipinski definition) is 1. The molecule has 0 atom stereocenters. The van der Waals surface area contributed by atoms with Crippen LogP contribution in [-0.4, -0.2) is 30.9 Å². The van der Waals surface area contributed by atoms with Gasteiger partial charge in [0.15, 0.2) is 0 Å². The van der Waals surface area contributed by atoms with Crippen LogP contribution in [0.1, 0.15) is 39.0 Å². The third-order valence-electron chi connectivity index (χ3n) is 2.28. The molecule has 1 rings (SSSR count). The lowest BCUT2D eigenvalue weighted by atomic mass is 9.97. The predicted molar refractivity (Wildman–Crippen MR) is 55.4 cm³/mol. The molecule has 2 N–H and O–H groups in total. The highest BCUT2D eigenvalue weighted by Crippen LogP contribution is 2.14. The molecular formula is C10H22N2O. The Morgan fingerprint density at radius 1 is 1.23 bits per heavy atom. The van der Waals surface area contributed by atoms with Crippen LogP contribution in [0.25, 0.3) is 0 Å². The summed E-state index contributed by atoms with van der Waals surface area (Å²) in [6.07, 6.45) is 6.66. The zero-order valence-corrected chi connectivity index (χ0v) is 9.05. The highest BCUT2D eigenvalue weighted by atomic mass is 16.2. The Bertz CT molecular complexity index is 140. The number of nitrogens with zero attached hydrogens (tertiary/aromatic N) is 1. The van der Waals surface area contributed by atoms with Crippen molar-refractivity contribution >= 4 is 5.91 Å². The van der Waals surface area contributed by atoms with Gasteiger partial charge in [-0.15, -0.1) is 0 Å². The largest absolute Gasteiger partial charge is 0.349 e. The molecule has 0 aromatic rings. The van der Waals surface area contributed by atoms with E-state index in [1.165, 1.54) is 43.9 Å². The summed E-state index contributed by atoms with van der Waals surface area (Å²) in [5.41, 5.74) is 5.63. The third-order valence-corrected chi connectivity index (χ3v) is 2.28. The van der Waals surface area contributed by atoms with Gasteiger partial charge in [0.05, 0.1) is 0 Å². The Labute approximate surface area is 81.3 Å². The minimum absolute atomic E-state index is 0.0926. The van der Waals surface area contributed by atoms with Gasteiger partial charge in [-0.1, -0.05) is 19.3 Å². The van der Waals surface area contributed by atoms with Crippen molar-refractivity contribution in [3.8, 4) is 0 Å². The molecule has 1 saturated carbocycles. The van der Waals surface area contributed by atoms with Crippen LogP contribution in [0.4, 0.5) is 0 Å². The van der Waals surface area contributed by atoms with Crippen LogP contribution in [-0.2, 0) is 4.79 Å². The van der Waals surface area contributed by atoms with E-state index in [0.29, 0.717) is 6.04 Å². The minimum Gasteiger partial charge on any atom is -0.349 e. The number of amides is 1. The summed E-state index contributed by atoms with van der Waals surface area (Å²) in [5.74, 6) is 0.0926. The molecule has 0 saturated heterocycles. The zero-order chi connectivity index (χ0) is 10.3. The molecule has 0 spiro atoms. The van der Waals surface area contributed by atoms with E-state index in [9.17, 15) is 4.79 Å². The van der Waals surface area contributed by atoms with Gasteiger partial charge in [-0.2, -0.15) is 0 Å². The summed E-state index contributed by atoms with van der Waals surface area (Å²) in [6, 6.07) is 0.536. The summed E-state index contributed by atoms with van der Waals surface area (Å²) >= 11 is 0. The number of carbonyl (C=O) groups is 1. The van der Waals surface area contributed by atoms with Gasteiger partial charge in [-0.3, -0.25) is 4.79 Å². The molecule has 1 aliphatic rings.